The van der Waals surface area contributed by atoms with E-state index >= 15 is 0 Å². The van der Waals surface area contributed by atoms with Gasteiger partial charge in [0.1, 0.15) is 5.56 Å². The normalized spacial score (nSPS) is 9.83. The van der Waals surface area contributed by atoms with E-state index in [1.165, 1.54) is 19.1 Å². The van der Waals surface area contributed by atoms with Crippen LogP contribution in [-0.2, 0) is 0 Å². The maximum absolute atomic E-state index is 13.0. The Bertz CT molecular complexity index is 336. The number of anilines is 1. The molecule has 0 atom stereocenters. The summed E-state index contributed by atoms with van der Waals surface area (Å²) >= 11 is 0. The van der Waals surface area contributed by atoms with Gasteiger partial charge in [0.05, 0.1) is 5.69 Å². The highest BCUT2D eigenvalue weighted by Crippen LogP contribution is 2.18. The molecule has 1 aromatic carbocycles. The van der Waals surface area contributed by atoms with Crippen molar-refractivity contribution < 1.29 is 14.3 Å². The summed E-state index contributed by atoms with van der Waals surface area (Å²) in [6, 6.07) is 2.82. The number of aryl methyl sites for hydroxylation is 1. The molecule has 0 saturated heterocycles. The van der Waals surface area contributed by atoms with Crippen molar-refractivity contribution in [1.29, 1.82) is 0 Å². The van der Waals surface area contributed by atoms with Crippen molar-refractivity contribution in [3.05, 3.63) is 29.1 Å². The van der Waals surface area contributed by atoms with E-state index in [0.29, 0.717) is 5.56 Å². The molecule has 0 fully saturated rings. The van der Waals surface area contributed by atoms with E-state index in [2.05, 4.69) is 0 Å². The van der Waals surface area contributed by atoms with Crippen molar-refractivity contribution in [3.8, 4) is 0 Å². The van der Waals surface area contributed by atoms with Crippen LogP contribution in [0.15, 0.2) is 12.1 Å². The van der Waals surface area contributed by atoms with Crippen molar-refractivity contribution in [3.63, 3.8) is 0 Å². The van der Waals surface area contributed by atoms with E-state index in [9.17, 15) is 9.18 Å². The van der Waals surface area contributed by atoms with Gasteiger partial charge in [-0.15, -0.1) is 0 Å². The Morgan fingerprint density at radius 3 is 2.58 bits per heavy atom. The zero-order valence-electron chi connectivity index (χ0n) is 6.47. The highest BCUT2D eigenvalue weighted by atomic mass is 19.1. The number of carbonyl (C=O) groups is 1. The predicted molar refractivity (Wildman–Crippen MR) is 42.5 cm³/mol. The summed E-state index contributed by atoms with van der Waals surface area (Å²) in [5.74, 6) is -2.15. The minimum atomic E-state index is -1.29. The Hall–Kier alpha value is -1.58. The first-order chi connectivity index (χ1) is 5.54. The quantitative estimate of drug-likeness (QED) is 0.625. The molecule has 0 amide bonds. The third-order valence-corrected chi connectivity index (χ3v) is 1.59. The zero-order valence-corrected chi connectivity index (χ0v) is 6.47. The summed E-state index contributed by atoms with van der Waals surface area (Å²) in [5.41, 5.74) is 5.07. The molecule has 0 aliphatic rings. The second-order valence-electron chi connectivity index (χ2n) is 2.47. The number of aromatic carboxylic acids is 1. The summed E-state index contributed by atoms with van der Waals surface area (Å²) in [4.78, 5) is 10.5. The molecule has 0 unspecified atom stereocenters. The summed E-state index contributed by atoms with van der Waals surface area (Å²) in [6.07, 6.45) is 0. The highest BCUT2D eigenvalue weighted by molar-refractivity contribution is 5.90. The van der Waals surface area contributed by atoms with Crippen LogP contribution in [0.25, 0.3) is 0 Å². The Balaban J connectivity index is 3.43. The van der Waals surface area contributed by atoms with Crippen LogP contribution in [0.3, 0.4) is 0 Å². The molecule has 0 aliphatic carbocycles. The van der Waals surface area contributed by atoms with E-state index in [0.717, 1.165) is 0 Å². The minimum absolute atomic E-state index is 0.141. The van der Waals surface area contributed by atoms with Crippen LogP contribution < -0.4 is 5.73 Å². The first-order valence-electron chi connectivity index (χ1n) is 3.32. The van der Waals surface area contributed by atoms with Crippen LogP contribution in [0.1, 0.15) is 15.9 Å². The molecule has 3 nitrogen and oxygen atoms in total. The maximum atomic E-state index is 13.0. The molecule has 0 heterocycles. The Morgan fingerprint density at radius 2 is 2.17 bits per heavy atom. The maximum Gasteiger partial charge on any atom is 0.339 e. The minimum Gasteiger partial charge on any atom is -0.478 e. The van der Waals surface area contributed by atoms with Gasteiger partial charge in [0.25, 0.3) is 0 Å². The molecule has 0 aromatic heterocycles. The van der Waals surface area contributed by atoms with E-state index in [1.807, 2.05) is 0 Å². The molecule has 0 saturated carbocycles. The van der Waals surface area contributed by atoms with Gasteiger partial charge in [-0.2, -0.15) is 0 Å². The standard InChI is InChI=1S/C8H8FNO2/c1-4-2-3-5(10)7(9)6(4)8(11)12/h2-3H,10H2,1H3,(H,11,12). The van der Waals surface area contributed by atoms with Crippen molar-refractivity contribution in [1.82, 2.24) is 0 Å². The molecular formula is C8H8FNO2. The second kappa shape index (κ2) is 2.81. The second-order valence-corrected chi connectivity index (χ2v) is 2.47. The number of hydrogen-bond donors (Lipinski definition) is 2. The SMILES string of the molecule is Cc1ccc(N)c(F)c1C(=O)O. The van der Waals surface area contributed by atoms with Gasteiger partial charge in [-0.1, -0.05) is 6.07 Å². The molecule has 4 heteroatoms. The third-order valence-electron chi connectivity index (χ3n) is 1.59. The Kier molecular flexibility index (Phi) is 1.99. The van der Waals surface area contributed by atoms with Gasteiger partial charge in [-0.3, -0.25) is 0 Å². The topological polar surface area (TPSA) is 63.3 Å². The first-order valence-corrected chi connectivity index (χ1v) is 3.32. The molecule has 64 valence electrons. The fraction of sp³-hybridized carbons (Fsp3) is 0.125. The highest BCUT2D eigenvalue weighted by Gasteiger charge is 2.15. The van der Waals surface area contributed by atoms with E-state index < -0.39 is 11.8 Å². The average molecular weight is 169 g/mol. The molecular weight excluding hydrogens is 161 g/mol. The zero-order chi connectivity index (χ0) is 9.30. The van der Waals surface area contributed by atoms with E-state index in [4.69, 9.17) is 10.8 Å². The first kappa shape index (κ1) is 8.52. The number of carboxylic acids is 1. The fourth-order valence-electron chi connectivity index (χ4n) is 0.951. The molecule has 0 spiro atoms. The lowest BCUT2D eigenvalue weighted by molar-refractivity contribution is 0.0691. The fourth-order valence-corrected chi connectivity index (χ4v) is 0.951. The van der Waals surface area contributed by atoms with Gasteiger partial charge in [-0.05, 0) is 18.6 Å². The summed E-state index contributed by atoms with van der Waals surface area (Å²) in [5, 5.41) is 8.58. The Morgan fingerprint density at radius 1 is 1.58 bits per heavy atom. The largest absolute Gasteiger partial charge is 0.478 e. The number of nitrogen functional groups attached to an aromatic ring is 1. The summed E-state index contributed by atoms with van der Waals surface area (Å²) in [6.45, 7) is 1.52. The van der Waals surface area contributed by atoms with E-state index in [1.54, 1.807) is 0 Å². The molecule has 1 rings (SSSR count). The summed E-state index contributed by atoms with van der Waals surface area (Å²) in [7, 11) is 0. The van der Waals surface area contributed by atoms with Gasteiger partial charge in [0.2, 0.25) is 0 Å². The number of nitrogens with two attached hydrogens (primary N) is 1. The van der Waals surface area contributed by atoms with Crippen LogP contribution in [0, 0.1) is 12.7 Å². The van der Waals surface area contributed by atoms with Crippen molar-refractivity contribution >= 4 is 11.7 Å². The molecule has 3 N–H and O–H groups in total. The lowest BCUT2D eigenvalue weighted by Gasteiger charge is -2.03. The van der Waals surface area contributed by atoms with Crippen LogP contribution in [-0.4, -0.2) is 11.1 Å². The van der Waals surface area contributed by atoms with Crippen molar-refractivity contribution in [2.24, 2.45) is 0 Å². The summed E-state index contributed by atoms with van der Waals surface area (Å²) < 4.78 is 13.0. The molecule has 0 aliphatic heterocycles. The van der Waals surface area contributed by atoms with E-state index in [-0.39, 0.29) is 11.3 Å². The van der Waals surface area contributed by atoms with Crippen LogP contribution in [0.4, 0.5) is 10.1 Å². The van der Waals surface area contributed by atoms with Crippen LogP contribution >= 0.6 is 0 Å². The number of hydrogen-bond acceptors (Lipinski definition) is 2. The van der Waals surface area contributed by atoms with Gasteiger partial charge >= 0.3 is 5.97 Å². The smallest absolute Gasteiger partial charge is 0.339 e. The van der Waals surface area contributed by atoms with Crippen molar-refractivity contribution in [2.45, 2.75) is 6.92 Å². The number of halogens is 1. The lowest BCUT2D eigenvalue weighted by Crippen LogP contribution is -2.06. The molecule has 1 aromatic rings. The molecule has 12 heavy (non-hydrogen) atoms. The number of rotatable bonds is 1. The van der Waals surface area contributed by atoms with Gasteiger partial charge in [0.15, 0.2) is 5.82 Å². The predicted octanol–water partition coefficient (Wildman–Crippen LogP) is 1.41. The third kappa shape index (κ3) is 1.23. The van der Waals surface area contributed by atoms with Crippen molar-refractivity contribution in [2.75, 3.05) is 5.73 Å². The van der Waals surface area contributed by atoms with Gasteiger partial charge < -0.3 is 10.8 Å². The van der Waals surface area contributed by atoms with Crippen LogP contribution in [0.2, 0.25) is 0 Å². The molecule has 0 bridgehead atoms. The van der Waals surface area contributed by atoms with Gasteiger partial charge in [-0.25, -0.2) is 9.18 Å². The lowest BCUT2D eigenvalue weighted by atomic mass is 10.1. The average Bonchev–Trinajstić information content (AvgIpc) is 1.97. The van der Waals surface area contributed by atoms with Gasteiger partial charge in [0, 0.05) is 0 Å². The van der Waals surface area contributed by atoms with Crippen LogP contribution in [0.5, 0.6) is 0 Å². The molecule has 0 radical (unpaired) electrons. The number of benzene rings is 1. The Labute approximate surface area is 68.6 Å². The monoisotopic (exact) mass is 169 g/mol. The number of carboxylic acid groups (broad SMARTS) is 1.